The van der Waals surface area contributed by atoms with E-state index in [-0.39, 0.29) is 11.9 Å². The van der Waals surface area contributed by atoms with Gasteiger partial charge in [-0.25, -0.2) is 4.39 Å². The Hall–Kier alpha value is -1.15. The monoisotopic (exact) mass is 207 g/mol. The topological polar surface area (TPSA) is 12.0 Å². The summed E-state index contributed by atoms with van der Waals surface area (Å²) in [5, 5.41) is 3.31. The molecule has 0 aliphatic heterocycles. The van der Waals surface area contributed by atoms with Crippen molar-refractivity contribution in [3.05, 3.63) is 47.8 Å². The summed E-state index contributed by atoms with van der Waals surface area (Å²) in [5.74, 6) is -0.139. The summed E-state index contributed by atoms with van der Waals surface area (Å²) in [7, 11) is 0. The number of rotatable bonds is 5. The van der Waals surface area contributed by atoms with Crippen molar-refractivity contribution in [2.45, 2.75) is 26.3 Å². The van der Waals surface area contributed by atoms with E-state index < -0.39 is 0 Å². The number of nitrogens with one attached hydrogen (secondary N) is 1. The van der Waals surface area contributed by atoms with Crippen molar-refractivity contribution >= 4 is 0 Å². The molecular weight excluding hydrogens is 189 g/mol. The Labute approximate surface area is 91.0 Å². The molecule has 1 N–H and O–H groups in total. The van der Waals surface area contributed by atoms with Crippen LogP contribution in [0.15, 0.2) is 30.9 Å². The quantitative estimate of drug-likeness (QED) is 0.730. The van der Waals surface area contributed by atoms with E-state index in [9.17, 15) is 4.39 Å². The summed E-state index contributed by atoms with van der Waals surface area (Å²) < 4.78 is 13.4. The number of aryl methyl sites for hydroxylation is 1. The first-order valence-corrected chi connectivity index (χ1v) is 5.29. The third-order valence-corrected chi connectivity index (χ3v) is 2.45. The van der Waals surface area contributed by atoms with Crippen molar-refractivity contribution in [1.29, 1.82) is 0 Å². The van der Waals surface area contributed by atoms with Crippen molar-refractivity contribution in [3.8, 4) is 0 Å². The third kappa shape index (κ3) is 3.17. The van der Waals surface area contributed by atoms with Crippen LogP contribution in [0.2, 0.25) is 0 Å². The van der Waals surface area contributed by atoms with Crippen LogP contribution in [-0.4, -0.2) is 6.54 Å². The van der Waals surface area contributed by atoms with Crippen molar-refractivity contribution in [2.24, 2.45) is 0 Å². The highest BCUT2D eigenvalue weighted by Crippen LogP contribution is 2.19. The van der Waals surface area contributed by atoms with Crippen LogP contribution in [0, 0.1) is 12.7 Å². The maximum atomic E-state index is 13.4. The van der Waals surface area contributed by atoms with E-state index in [1.165, 1.54) is 0 Å². The molecule has 0 aromatic heterocycles. The van der Waals surface area contributed by atoms with Crippen LogP contribution in [0.5, 0.6) is 0 Å². The molecule has 0 aliphatic carbocycles. The molecule has 0 bridgehead atoms. The Balaban J connectivity index is 2.89. The summed E-state index contributed by atoms with van der Waals surface area (Å²) in [6.07, 6.45) is 2.67. The van der Waals surface area contributed by atoms with Crippen molar-refractivity contribution in [2.75, 3.05) is 6.54 Å². The fourth-order valence-corrected chi connectivity index (χ4v) is 1.58. The minimum Gasteiger partial charge on any atom is -0.310 e. The van der Waals surface area contributed by atoms with Gasteiger partial charge in [-0.05, 0) is 37.1 Å². The number of hydrogen-bond donors (Lipinski definition) is 1. The lowest BCUT2D eigenvalue weighted by molar-refractivity contribution is 0.549. The third-order valence-electron chi connectivity index (χ3n) is 2.45. The molecule has 0 heterocycles. The highest BCUT2D eigenvalue weighted by atomic mass is 19.1. The Morgan fingerprint density at radius 1 is 1.53 bits per heavy atom. The largest absolute Gasteiger partial charge is 0.310 e. The Morgan fingerprint density at radius 3 is 2.80 bits per heavy atom. The molecule has 15 heavy (non-hydrogen) atoms. The van der Waals surface area contributed by atoms with Gasteiger partial charge >= 0.3 is 0 Å². The van der Waals surface area contributed by atoms with E-state index in [0.29, 0.717) is 5.56 Å². The SMILES string of the molecule is C=CCC(NCC)c1ccc(C)c(F)c1. The van der Waals surface area contributed by atoms with Gasteiger partial charge in [-0.2, -0.15) is 0 Å². The maximum absolute atomic E-state index is 13.4. The molecule has 0 spiro atoms. The zero-order valence-corrected chi connectivity index (χ0v) is 9.39. The predicted molar refractivity (Wildman–Crippen MR) is 62.4 cm³/mol. The number of halogens is 1. The first-order valence-electron chi connectivity index (χ1n) is 5.29. The van der Waals surface area contributed by atoms with Gasteiger partial charge in [0.05, 0.1) is 0 Å². The minimum absolute atomic E-state index is 0.139. The van der Waals surface area contributed by atoms with E-state index in [2.05, 4.69) is 11.9 Å². The lowest BCUT2D eigenvalue weighted by Crippen LogP contribution is -2.20. The van der Waals surface area contributed by atoms with Crippen LogP contribution < -0.4 is 5.32 Å². The van der Waals surface area contributed by atoms with Crippen molar-refractivity contribution in [3.63, 3.8) is 0 Å². The highest BCUT2D eigenvalue weighted by Gasteiger charge is 2.09. The molecule has 1 aromatic carbocycles. The van der Waals surface area contributed by atoms with E-state index in [1.54, 1.807) is 13.0 Å². The van der Waals surface area contributed by atoms with Gasteiger partial charge in [0.2, 0.25) is 0 Å². The fourth-order valence-electron chi connectivity index (χ4n) is 1.58. The van der Waals surface area contributed by atoms with Gasteiger partial charge in [0.1, 0.15) is 5.82 Å². The van der Waals surface area contributed by atoms with Crippen molar-refractivity contribution in [1.82, 2.24) is 5.32 Å². The highest BCUT2D eigenvalue weighted by molar-refractivity contribution is 5.26. The second-order valence-electron chi connectivity index (χ2n) is 3.64. The lowest BCUT2D eigenvalue weighted by Gasteiger charge is -2.16. The van der Waals surface area contributed by atoms with E-state index >= 15 is 0 Å². The second kappa shape index (κ2) is 5.66. The molecule has 1 unspecified atom stereocenters. The van der Waals surface area contributed by atoms with Gasteiger partial charge in [-0.15, -0.1) is 6.58 Å². The molecule has 0 aliphatic rings. The molecule has 1 atom stereocenters. The molecule has 1 nitrogen and oxygen atoms in total. The molecule has 0 radical (unpaired) electrons. The van der Waals surface area contributed by atoms with Crippen molar-refractivity contribution < 1.29 is 4.39 Å². The number of hydrogen-bond acceptors (Lipinski definition) is 1. The van der Waals surface area contributed by atoms with Gasteiger partial charge in [-0.3, -0.25) is 0 Å². The van der Waals surface area contributed by atoms with E-state index in [0.717, 1.165) is 18.5 Å². The van der Waals surface area contributed by atoms with E-state index in [4.69, 9.17) is 0 Å². The molecule has 82 valence electrons. The van der Waals surface area contributed by atoms with Crippen LogP contribution in [0.3, 0.4) is 0 Å². The first kappa shape index (κ1) is 11.9. The van der Waals surface area contributed by atoms with E-state index in [1.807, 2.05) is 25.1 Å². The van der Waals surface area contributed by atoms with Gasteiger partial charge in [-0.1, -0.05) is 25.1 Å². The summed E-state index contributed by atoms with van der Waals surface area (Å²) in [6.45, 7) is 8.40. The average molecular weight is 207 g/mol. The Kier molecular flexibility index (Phi) is 4.50. The van der Waals surface area contributed by atoms with Crippen LogP contribution in [-0.2, 0) is 0 Å². The normalized spacial score (nSPS) is 12.5. The summed E-state index contributed by atoms with van der Waals surface area (Å²) in [4.78, 5) is 0. The molecule has 0 saturated carbocycles. The maximum Gasteiger partial charge on any atom is 0.126 e. The van der Waals surface area contributed by atoms with Crippen LogP contribution in [0.4, 0.5) is 4.39 Å². The molecule has 0 saturated heterocycles. The van der Waals surface area contributed by atoms with Crippen LogP contribution in [0.1, 0.15) is 30.5 Å². The molecule has 0 amide bonds. The smallest absolute Gasteiger partial charge is 0.126 e. The first-order chi connectivity index (χ1) is 7.19. The van der Waals surface area contributed by atoms with Crippen LogP contribution in [0.25, 0.3) is 0 Å². The molecule has 1 aromatic rings. The Morgan fingerprint density at radius 2 is 2.27 bits per heavy atom. The average Bonchev–Trinajstić information content (AvgIpc) is 2.22. The molecule has 0 fully saturated rings. The summed E-state index contributed by atoms with van der Waals surface area (Å²) >= 11 is 0. The zero-order chi connectivity index (χ0) is 11.3. The van der Waals surface area contributed by atoms with Gasteiger partial charge in [0, 0.05) is 6.04 Å². The summed E-state index contributed by atoms with van der Waals surface area (Å²) in [6, 6.07) is 5.56. The predicted octanol–water partition coefficient (Wildman–Crippen LogP) is 3.36. The zero-order valence-electron chi connectivity index (χ0n) is 9.39. The lowest BCUT2D eigenvalue weighted by atomic mass is 10.0. The van der Waals surface area contributed by atoms with Gasteiger partial charge in [0.25, 0.3) is 0 Å². The fraction of sp³-hybridized carbons (Fsp3) is 0.385. The Bertz CT molecular complexity index is 333. The van der Waals surface area contributed by atoms with Crippen LogP contribution >= 0.6 is 0 Å². The minimum atomic E-state index is -0.139. The second-order valence-corrected chi connectivity index (χ2v) is 3.64. The summed E-state index contributed by atoms with van der Waals surface area (Å²) in [5.41, 5.74) is 1.67. The molecule has 1 rings (SSSR count). The van der Waals surface area contributed by atoms with Gasteiger partial charge < -0.3 is 5.32 Å². The molecule has 2 heteroatoms. The standard InChI is InChI=1S/C13H18FN/c1-4-6-13(15-5-2)11-8-7-10(3)12(14)9-11/h4,7-9,13,15H,1,5-6H2,2-3H3. The molecular formula is C13H18FN. The van der Waals surface area contributed by atoms with Gasteiger partial charge in [0.15, 0.2) is 0 Å². The number of benzene rings is 1.